The zero-order chi connectivity index (χ0) is 28.4. The first-order valence-corrected chi connectivity index (χ1v) is 15.4. The first kappa shape index (κ1) is 29.1. The third-order valence-electron chi connectivity index (χ3n) is 9.05. The average molecular weight is 571 g/mol. The van der Waals surface area contributed by atoms with Gasteiger partial charge in [-0.15, -0.1) is 0 Å². The predicted molar refractivity (Wildman–Crippen MR) is 156 cm³/mol. The maximum absolute atomic E-state index is 14.2. The molecule has 3 fully saturated rings. The summed E-state index contributed by atoms with van der Waals surface area (Å²) in [7, 11) is 0. The molecule has 1 spiro atoms. The van der Waals surface area contributed by atoms with Crippen LogP contribution in [0.1, 0.15) is 64.4 Å². The molecule has 0 aromatic heterocycles. The van der Waals surface area contributed by atoms with Crippen LogP contribution in [-0.2, 0) is 19.1 Å². The minimum atomic E-state index is -1.15. The molecule has 5 unspecified atom stereocenters. The standard InChI is InChI=1S/C31H43ClN4O4/c1-4-15-35(16-5-2)17-18-36-27(29(38)33-21-9-7-6-8-10-21)31-14-13-24(40-31)25(26(31)30(36)39)28(37)34-22-12-11-20(3)23(32)19-22/h11-14,19,21,24-27H,4-10,15-18H2,1-3H3,(H,33,38)(H,34,37). The van der Waals surface area contributed by atoms with E-state index in [1.165, 1.54) is 6.42 Å². The summed E-state index contributed by atoms with van der Waals surface area (Å²) in [5.41, 5.74) is 0.344. The summed E-state index contributed by atoms with van der Waals surface area (Å²) in [6, 6.07) is 4.68. The number of nitrogens with one attached hydrogen (secondary N) is 2. The Kier molecular flexibility index (Phi) is 8.88. The minimum Gasteiger partial charge on any atom is -0.359 e. The minimum absolute atomic E-state index is 0.110. The van der Waals surface area contributed by atoms with Crippen LogP contribution in [0.25, 0.3) is 0 Å². The zero-order valence-corrected chi connectivity index (χ0v) is 24.7. The Labute approximate surface area is 242 Å². The van der Waals surface area contributed by atoms with Gasteiger partial charge in [0, 0.05) is 29.8 Å². The smallest absolute Gasteiger partial charge is 0.246 e. The molecule has 0 radical (unpaired) electrons. The first-order chi connectivity index (χ1) is 19.3. The number of benzene rings is 1. The van der Waals surface area contributed by atoms with E-state index >= 15 is 0 Å². The van der Waals surface area contributed by atoms with Gasteiger partial charge < -0.3 is 25.2 Å². The second kappa shape index (κ2) is 12.2. The van der Waals surface area contributed by atoms with Crippen LogP contribution in [0, 0.1) is 18.8 Å². The monoisotopic (exact) mass is 570 g/mol. The summed E-state index contributed by atoms with van der Waals surface area (Å²) >= 11 is 6.29. The third-order valence-corrected chi connectivity index (χ3v) is 9.46. The Morgan fingerprint density at radius 1 is 1.10 bits per heavy atom. The molecule has 218 valence electrons. The van der Waals surface area contributed by atoms with Gasteiger partial charge in [-0.25, -0.2) is 0 Å². The molecular formula is C31H43ClN4O4. The second-order valence-corrected chi connectivity index (χ2v) is 12.3. The van der Waals surface area contributed by atoms with E-state index in [9.17, 15) is 14.4 Å². The maximum atomic E-state index is 14.2. The van der Waals surface area contributed by atoms with Crippen molar-refractivity contribution in [3.8, 4) is 0 Å². The maximum Gasteiger partial charge on any atom is 0.246 e. The molecule has 2 bridgehead atoms. The van der Waals surface area contributed by atoms with Crippen molar-refractivity contribution in [1.82, 2.24) is 15.1 Å². The number of amides is 3. The van der Waals surface area contributed by atoms with Crippen molar-refractivity contribution < 1.29 is 19.1 Å². The highest BCUT2D eigenvalue weighted by Crippen LogP contribution is 2.55. The number of fused-ring (bicyclic) bond motifs is 1. The van der Waals surface area contributed by atoms with Gasteiger partial charge in [0.15, 0.2) is 0 Å². The van der Waals surface area contributed by atoms with Crippen LogP contribution in [0.5, 0.6) is 0 Å². The van der Waals surface area contributed by atoms with Crippen molar-refractivity contribution in [2.75, 3.05) is 31.5 Å². The number of likely N-dealkylation sites (tertiary alicyclic amines) is 1. The number of carbonyl (C=O) groups excluding carboxylic acids is 3. The Morgan fingerprint density at radius 3 is 2.50 bits per heavy atom. The molecule has 1 aromatic rings. The van der Waals surface area contributed by atoms with Crippen LogP contribution in [0.3, 0.4) is 0 Å². The van der Waals surface area contributed by atoms with Crippen molar-refractivity contribution >= 4 is 35.0 Å². The van der Waals surface area contributed by atoms with Gasteiger partial charge in [0.05, 0.1) is 17.9 Å². The normalized spacial score (nSPS) is 29.3. The largest absolute Gasteiger partial charge is 0.359 e. The number of hydrogen-bond donors (Lipinski definition) is 2. The number of hydrogen-bond acceptors (Lipinski definition) is 5. The summed E-state index contributed by atoms with van der Waals surface area (Å²) in [5.74, 6) is -2.12. The fourth-order valence-electron chi connectivity index (χ4n) is 7.15. The lowest BCUT2D eigenvalue weighted by Crippen LogP contribution is -2.57. The van der Waals surface area contributed by atoms with Gasteiger partial charge in [0.1, 0.15) is 11.6 Å². The van der Waals surface area contributed by atoms with E-state index in [0.717, 1.165) is 57.2 Å². The Balaban J connectivity index is 1.41. The number of halogens is 1. The Hall–Kier alpha value is -2.42. The quantitative estimate of drug-likeness (QED) is 0.387. The molecule has 1 aromatic carbocycles. The van der Waals surface area contributed by atoms with E-state index in [0.29, 0.717) is 23.8 Å². The third kappa shape index (κ3) is 5.42. The first-order valence-electron chi connectivity index (χ1n) is 15.1. The number of aryl methyl sites for hydroxylation is 1. The van der Waals surface area contributed by atoms with Crippen LogP contribution in [-0.4, -0.2) is 77.5 Å². The summed E-state index contributed by atoms with van der Waals surface area (Å²) in [6.45, 7) is 9.17. The number of nitrogens with zero attached hydrogens (tertiary/aromatic N) is 2. The Bertz CT molecular complexity index is 1150. The van der Waals surface area contributed by atoms with Crippen LogP contribution in [0.15, 0.2) is 30.4 Å². The molecule has 3 aliphatic heterocycles. The van der Waals surface area contributed by atoms with E-state index in [1.54, 1.807) is 17.0 Å². The van der Waals surface area contributed by atoms with Crippen molar-refractivity contribution in [3.63, 3.8) is 0 Å². The van der Waals surface area contributed by atoms with Gasteiger partial charge in [0.25, 0.3) is 0 Å². The summed E-state index contributed by atoms with van der Waals surface area (Å²) < 4.78 is 6.49. The highest BCUT2D eigenvalue weighted by Gasteiger charge is 2.72. The fraction of sp³-hybridized carbons (Fsp3) is 0.645. The molecule has 1 saturated carbocycles. The predicted octanol–water partition coefficient (Wildman–Crippen LogP) is 4.31. The van der Waals surface area contributed by atoms with Crippen molar-refractivity contribution in [2.24, 2.45) is 11.8 Å². The number of anilines is 1. The highest BCUT2D eigenvalue weighted by molar-refractivity contribution is 6.31. The molecule has 8 nitrogen and oxygen atoms in total. The molecular weight excluding hydrogens is 528 g/mol. The van der Waals surface area contributed by atoms with Gasteiger partial charge in [-0.1, -0.05) is 62.9 Å². The Morgan fingerprint density at radius 2 is 1.82 bits per heavy atom. The number of carbonyl (C=O) groups is 3. The van der Waals surface area contributed by atoms with E-state index in [2.05, 4.69) is 29.4 Å². The molecule has 4 aliphatic rings. The molecule has 5 rings (SSSR count). The summed E-state index contributed by atoms with van der Waals surface area (Å²) in [4.78, 5) is 45.9. The van der Waals surface area contributed by atoms with Crippen LogP contribution >= 0.6 is 11.6 Å². The van der Waals surface area contributed by atoms with E-state index in [4.69, 9.17) is 16.3 Å². The van der Waals surface area contributed by atoms with Gasteiger partial charge in [-0.05, 0) is 63.4 Å². The lowest BCUT2D eigenvalue weighted by molar-refractivity contribution is -0.141. The average Bonchev–Trinajstić information content (AvgIpc) is 3.57. The number of rotatable bonds is 11. The lowest BCUT2D eigenvalue weighted by Gasteiger charge is -2.35. The lowest BCUT2D eigenvalue weighted by atomic mass is 9.74. The van der Waals surface area contributed by atoms with Gasteiger partial charge in [-0.3, -0.25) is 14.4 Å². The zero-order valence-electron chi connectivity index (χ0n) is 24.0. The van der Waals surface area contributed by atoms with Crippen molar-refractivity contribution in [2.45, 2.75) is 89.5 Å². The highest BCUT2D eigenvalue weighted by atomic mass is 35.5. The molecule has 9 heteroatoms. The molecule has 40 heavy (non-hydrogen) atoms. The van der Waals surface area contributed by atoms with E-state index < -0.39 is 29.6 Å². The van der Waals surface area contributed by atoms with Crippen LogP contribution in [0.2, 0.25) is 5.02 Å². The van der Waals surface area contributed by atoms with E-state index in [-0.39, 0.29) is 23.8 Å². The molecule has 3 amide bonds. The van der Waals surface area contributed by atoms with Crippen LogP contribution in [0.4, 0.5) is 5.69 Å². The molecule has 2 saturated heterocycles. The molecule has 5 atom stereocenters. The summed E-state index contributed by atoms with van der Waals surface area (Å²) in [6.07, 6.45) is 10.5. The van der Waals surface area contributed by atoms with Crippen LogP contribution < -0.4 is 10.6 Å². The number of ether oxygens (including phenoxy) is 1. The topological polar surface area (TPSA) is 91.0 Å². The fourth-order valence-corrected chi connectivity index (χ4v) is 7.33. The van der Waals surface area contributed by atoms with E-state index in [1.807, 2.05) is 25.1 Å². The van der Waals surface area contributed by atoms with Gasteiger partial charge >= 0.3 is 0 Å². The van der Waals surface area contributed by atoms with Gasteiger partial charge in [-0.2, -0.15) is 0 Å². The second-order valence-electron chi connectivity index (χ2n) is 11.9. The SMILES string of the molecule is CCCN(CCC)CCN1C(=O)C2C(C(=O)Nc3ccc(C)c(Cl)c3)C3C=CC2(O3)C1C(=O)NC1CCCCC1. The molecule has 3 heterocycles. The summed E-state index contributed by atoms with van der Waals surface area (Å²) in [5, 5.41) is 6.78. The van der Waals surface area contributed by atoms with Crippen molar-refractivity contribution in [3.05, 3.63) is 40.9 Å². The molecule has 1 aliphatic carbocycles. The molecule has 2 N–H and O–H groups in total. The van der Waals surface area contributed by atoms with Gasteiger partial charge in [0.2, 0.25) is 17.7 Å². The van der Waals surface area contributed by atoms with Crippen molar-refractivity contribution in [1.29, 1.82) is 0 Å².